The van der Waals surface area contributed by atoms with Crippen LogP contribution in [0.25, 0.3) is 0 Å². The van der Waals surface area contributed by atoms with Gasteiger partial charge in [-0.05, 0) is 63.5 Å². The van der Waals surface area contributed by atoms with Gasteiger partial charge in [-0.1, -0.05) is 5.21 Å². The first-order chi connectivity index (χ1) is 13.6. The minimum atomic E-state index is -0.383. The van der Waals surface area contributed by atoms with Crippen LogP contribution in [0.4, 0.5) is 4.39 Å². The van der Waals surface area contributed by atoms with Gasteiger partial charge in [0.05, 0.1) is 11.7 Å². The van der Waals surface area contributed by atoms with Crippen molar-refractivity contribution >= 4 is 24.2 Å². The highest BCUT2D eigenvalue weighted by Crippen LogP contribution is 2.20. The summed E-state index contributed by atoms with van der Waals surface area (Å²) in [6, 6.07) is 5.63. The van der Waals surface area contributed by atoms with Crippen molar-refractivity contribution < 1.29 is 14.0 Å². The van der Waals surface area contributed by atoms with Crippen LogP contribution in [0.3, 0.4) is 0 Å². The Kier molecular flexibility index (Phi) is 8.53. The van der Waals surface area contributed by atoms with Gasteiger partial charge in [0.2, 0.25) is 0 Å². The number of hydrogen-bond acceptors (Lipinski definition) is 5. The fraction of sp³-hybridized carbons (Fsp3) is 0.474. The quantitative estimate of drug-likeness (QED) is 0.586. The number of aromatic nitrogens is 3. The average Bonchev–Trinajstić information content (AvgIpc) is 3.10. The second-order valence-corrected chi connectivity index (χ2v) is 6.82. The third-order valence-corrected chi connectivity index (χ3v) is 4.83. The minimum absolute atomic E-state index is 0. The van der Waals surface area contributed by atoms with E-state index in [9.17, 15) is 14.0 Å². The lowest BCUT2D eigenvalue weighted by atomic mass is 10.1. The molecule has 1 aromatic heterocycles. The van der Waals surface area contributed by atoms with Crippen molar-refractivity contribution in [2.45, 2.75) is 32.2 Å². The van der Waals surface area contributed by atoms with Crippen molar-refractivity contribution in [1.29, 1.82) is 0 Å². The highest BCUT2D eigenvalue weighted by atomic mass is 35.5. The summed E-state index contributed by atoms with van der Waals surface area (Å²) in [5.74, 6) is -0.915. The van der Waals surface area contributed by atoms with Crippen LogP contribution in [0, 0.1) is 12.7 Å². The molecule has 0 spiro atoms. The van der Waals surface area contributed by atoms with Crippen LogP contribution >= 0.6 is 12.4 Å². The molecule has 3 N–H and O–H groups in total. The van der Waals surface area contributed by atoms with Gasteiger partial charge in [-0.25, -0.2) is 9.07 Å². The van der Waals surface area contributed by atoms with E-state index in [1.54, 1.807) is 0 Å². The number of rotatable bonds is 7. The Balaban J connectivity index is 0.00000300. The van der Waals surface area contributed by atoms with Crippen molar-refractivity contribution in [2.75, 3.05) is 26.2 Å². The molecule has 2 aromatic rings. The first kappa shape index (κ1) is 22.8. The van der Waals surface area contributed by atoms with E-state index in [0.717, 1.165) is 31.6 Å². The van der Waals surface area contributed by atoms with E-state index in [0.29, 0.717) is 30.8 Å². The van der Waals surface area contributed by atoms with Crippen LogP contribution in [0.2, 0.25) is 0 Å². The van der Waals surface area contributed by atoms with Gasteiger partial charge in [0.1, 0.15) is 5.82 Å². The molecular weight excluding hydrogens is 399 g/mol. The molecule has 1 aliphatic heterocycles. The summed E-state index contributed by atoms with van der Waals surface area (Å²) in [7, 11) is 0. The van der Waals surface area contributed by atoms with Gasteiger partial charge in [-0.15, -0.1) is 17.5 Å². The van der Waals surface area contributed by atoms with E-state index in [4.69, 9.17) is 0 Å². The Hall–Kier alpha value is -2.52. The van der Waals surface area contributed by atoms with Crippen molar-refractivity contribution in [3.8, 4) is 0 Å². The van der Waals surface area contributed by atoms with Gasteiger partial charge in [-0.2, -0.15) is 0 Å². The Morgan fingerprint density at radius 3 is 2.41 bits per heavy atom. The second-order valence-electron chi connectivity index (χ2n) is 6.82. The van der Waals surface area contributed by atoms with E-state index in [1.165, 1.54) is 24.3 Å². The standard InChI is InChI=1S/C19H25FN6O2.ClH/c1-13-17(24-25-26(13)16-7-11-21-12-8-16)19(28)23-10-2-9-22-18(27)14-3-5-15(20)6-4-14;/h3-6,16,21H,2,7-12H2,1H3,(H,22,27)(H,23,28);1H. The van der Waals surface area contributed by atoms with Crippen molar-refractivity contribution in [1.82, 2.24) is 30.9 Å². The zero-order valence-electron chi connectivity index (χ0n) is 16.3. The molecule has 1 aromatic carbocycles. The van der Waals surface area contributed by atoms with E-state index in [2.05, 4.69) is 26.3 Å². The molecule has 1 aliphatic rings. The molecule has 3 rings (SSSR count). The number of carbonyl (C=O) groups excluding carboxylic acids is 2. The maximum Gasteiger partial charge on any atom is 0.273 e. The molecule has 0 radical (unpaired) electrons. The van der Waals surface area contributed by atoms with E-state index in [1.807, 2.05) is 11.6 Å². The highest BCUT2D eigenvalue weighted by Gasteiger charge is 2.22. The molecule has 0 unspecified atom stereocenters. The van der Waals surface area contributed by atoms with Crippen LogP contribution in [0.15, 0.2) is 24.3 Å². The third-order valence-electron chi connectivity index (χ3n) is 4.83. The fourth-order valence-electron chi connectivity index (χ4n) is 3.23. The molecular formula is C19H26ClFN6O2. The van der Waals surface area contributed by atoms with Crippen LogP contribution in [0.1, 0.15) is 51.8 Å². The maximum atomic E-state index is 12.9. The Morgan fingerprint density at radius 2 is 1.76 bits per heavy atom. The molecule has 29 heavy (non-hydrogen) atoms. The number of hydrogen-bond donors (Lipinski definition) is 3. The molecule has 0 saturated carbocycles. The summed E-state index contributed by atoms with van der Waals surface area (Å²) in [6.45, 7) is 4.55. The van der Waals surface area contributed by atoms with Gasteiger partial charge < -0.3 is 16.0 Å². The molecule has 2 amide bonds. The van der Waals surface area contributed by atoms with Crippen LogP contribution in [-0.4, -0.2) is 53.0 Å². The largest absolute Gasteiger partial charge is 0.352 e. The molecule has 0 bridgehead atoms. The third kappa shape index (κ3) is 5.98. The molecule has 0 atom stereocenters. The zero-order valence-corrected chi connectivity index (χ0v) is 17.1. The molecule has 8 nitrogen and oxygen atoms in total. The van der Waals surface area contributed by atoms with Crippen molar-refractivity contribution in [2.24, 2.45) is 0 Å². The summed E-state index contributed by atoms with van der Waals surface area (Å²) < 4.78 is 14.7. The smallest absolute Gasteiger partial charge is 0.273 e. The molecule has 2 heterocycles. The normalized spacial score (nSPS) is 14.1. The number of carbonyl (C=O) groups is 2. The second kappa shape index (κ2) is 10.9. The van der Waals surface area contributed by atoms with Gasteiger partial charge in [0, 0.05) is 18.7 Å². The number of piperidine rings is 1. The monoisotopic (exact) mass is 424 g/mol. The number of nitrogens with zero attached hydrogens (tertiary/aromatic N) is 3. The van der Waals surface area contributed by atoms with Gasteiger partial charge in [0.15, 0.2) is 5.69 Å². The summed E-state index contributed by atoms with van der Waals surface area (Å²) in [4.78, 5) is 24.3. The predicted molar refractivity (Wildman–Crippen MR) is 109 cm³/mol. The highest BCUT2D eigenvalue weighted by molar-refractivity contribution is 5.94. The average molecular weight is 425 g/mol. The van der Waals surface area contributed by atoms with Crippen LogP contribution in [0.5, 0.6) is 0 Å². The van der Waals surface area contributed by atoms with Gasteiger partial charge in [-0.3, -0.25) is 9.59 Å². The minimum Gasteiger partial charge on any atom is -0.352 e. The molecule has 0 aliphatic carbocycles. The summed E-state index contributed by atoms with van der Waals surface area (Å²) in [5.41, 5.74) is 1.51. The number of halogens is 2. The van der Waals surface area contributed by atoms with Crippen molar-refractivity contribution in [3.63, 3.8) is 0 Å². The van der Waals surface area contributed by atoms with Gasteiger partial charge >= 0.3 is 0 Å². The molecule has 1 saturated heterocycles. The van der Waals surface area contributed by atoms with E-state index >= 15 is 0 Å². The number of nitrogens with one attached hydrogen (secondary N) is 3. The van der Waals surface area contributed by atoms with Gasteiger partial charge in [0.25, 0.3) is 11.8 Å². The lowest BCUT2D eigenvalue weighted by Crippen LogP contribution is -2.31. The molecule has 158 valence electrons. The summed E-state index contributed by atoms with van der Waals surface area (Å²) in [5, 5.41) is 17.1. The summed E-state index contributed by atoms with van der Waals surface area (Å²) >= 11 is 0. The van der Waals surface area contributed by atoms with Crippen molar-refractivity contribution in [3.05, 3.63) is 47.0 Å². The number of benzene rings is 1. The van der Waals surface area contributed by atoms with E-state index < -0.39 is 0 Å². The van der Waals surface area contributed by atoms with Crippen LogP contribution < -0.4 is 16.0 Å². The number of amides is 2. The SMILES string of the molecule is Cc1c(C(=O)NCCCNC(=O)c2ccc(F)cc2)nnn1C1CCNCC1.Cl. The summed E-state index contributed by atoms with van der Waals surface area (Å²) in [6.07, 6.45) is 2.51. The first-order valence-electron chi connectivity index (χ1n) is 9.50. The topological polar surface area (TPSA) is 101 Å². The lowest BCUT2D eigenvalue weighted by molar-refractivity contribution is 0.0947. The van der Waals surface area contributed by atoms with E-state index in [-0.39, 0.29) is 36.1 Å². The lowest BCUT2D eigenvalue weighted by Gasteiger charge is -2.23. The Morgan fingerprint density at radius 1 is 1.14 bits per heavy atom. The molecule has 1 fully saturated rings. The molecule has 10 heteroatoms. The Bertz CT molecular complexity index is 821. The predicted octanol–water partition coefficient (Wildman–Crippen LogP) is 1.62. The Labute approximate surface area is 175 Å². The van der Waals surface area contributed by atoms with Crippen LogP contribution in [-0.2, 0) is 0 Å². The fourth-order valence-corrected chi connectivity index (χ4v) is 3.23. The maximum absolute atomic E-state index is 12.9. The zero-order chi connectivity index (χ0) is 19.9. The first-order valence-corrected chi connectivity index (χ1v) is 9.50.